The second-order valence-corrected chi connectivity index (χ2v) is 8.32. The largest absolute Gasteiger partial charge is 0.497 e. The highest BCUT2D eigenvalue weighted by molar-refractivity contribution is 6.01. The number of carbonyl (C=O) groups excluding carboxylic acids is 2. The molecule has 0 saturated carbocycles. The SMILES string of the molecule is COc1cccc(CCN2CCC3(CC2)CC(=O)c2cc(/C=C/C(N)=O)ccc2O3)c1. The molecule has 1 amide bonds. The molecule has 4 rings (SSSR count). The van der Waals surface area contributed by atoms with Crippen LogP contribution in [0, 0.1) is 0 Å². The van der Waals surface area contributed by atoms with Gasteiger partial charge in [0.25, 0.3) is 0 Å². The smallest absolute Gasteiger partial charge is 0.241 e. The number of likely N-dealkylation sites (tertiary alicyclic amines) is 1. The normalized spacial score (nSPS) is 18.0. The summed E-state index contributed by atoms with van der Waals surface area (Å²) in [6.07, 6.45) is 5.93. The van der Waals surface area contributed by atoms with Crippen molar-refractivity contribution >= 4 is 17.8 Å². The zero-order chi connectivity index (χ0) is 21.8. The van der Waals surface area contributed by atoms with Crippen molar-refractivity contribution in [3.8, 4) is 11.5 Å². The number of primary amides is 1. The number of ketones is 1. The van der Waals surface area contributed by atoms with Crippen molar-refractivity contribution in [2.75, 3.05) is 26.7 Å². The minimum absolute atomic E-state index is 0.0976. The van der Waals surface area contributed by atoms with E-state index in [-0.39, 0.29) is 5.78 Å². The first-order valence-electron chi connectivity index (χ1n) is 10.7. The van der Waals surface area contributed by atoms with Crippen molar-refractivity contribution in [1.29, 1.82) is 0 Å². The van der Waals surface area contributed by atoms with Gasteiger partial charge in [-0.2, -0.15) is 0 Å². The summed E-state index contributed by atoms with van der Waals surface area (Å²) < 4.78 is 11.7. The first-order chi connectivity index (χ1) is 15.0. The summed E-state index contributed by atoms with van der Waals surface area (Å²) >= 11 is 0. The van der Waals surface area contributed by atoms with E-state index >= 15 is 0 Å². The van der Waals surface area contributed by atoms with Crippen LogP contribution < -0.4 is 15.2 Å². The van der Waals surface area contributed by atoms with Gasteiger partial charge < -0.3 is 20.1 Å². The van der Waals surface area contributed by atoms with Gasteiger partial charge in [-0.1, -0.05) is 18.2 Å². The number of piperidine rings is 1. The van der Waals surface area contributed by atoms with Gasteiger partial charge in [0.05, 0.1) is 19.1 Å². The van der Waals surface area contributed by atoms with Crippen LogP contribution in [0.1, 0.15) is 40.7 Å². The van der Waals surface area contributed by atoms with Crippen molar-refractivity contribution in [2.45, 2.75) is 31.3 Å². The molecule has 6 heteroatoms. The zero-order valence-electron chi connectivity index (χ0n) is 17.8. The number of benzene rings is 2. The minimum atomic E-state index is -0.516. The molecule has 2 aromatic rings. The molecule has 31 heavy (non-hydrogen) atoms. The van der Waals surface area contributed by atoms with E-state index in [0.717, 1.165) is 50.2 Å². The lowest BCUT2D eigenvalue weighted by molar-refractivity contribution is -0.113. The molecule has 0 bridgehead atoms. The van der Waals surface area contributed by atoms with Gasteiger partial charge in [0.2, 0.25) is 5.91 Å². The number of rotatable bonds is 6. The first-order valence-corrected chi connectivity index (χ1v) is 10.7. The highest BCUT2D eigenvalue weighted by atomic mass is 16.5. The number of Topliss-reactive ketones (excluding diaryl/α,β-unsaturated/α-hetero) is 1. The molecular formula is C25H28N2O4. The predicted molar refractivity (Wildman–Crippen MR) is 119 cm³/mol. The van der Waals surface area contributed by atoms with Crippen molar-refractivity contribution in [2.24, 2.45) is 5.73 Å². The van der Waals surface area contributed by atoms with Gasteiger partial charge in [-0.25, -0.2) is 0 Å². The number of nitrogens with two attached hydrogens (primary N) is 1. The fourth-order valence-corrected chi connectivity index (χ4v) is 4.37. The van der Waals surface area contributed by atoms with Crippen molar-refractivity contribution in [1.82, 2.24) is 4.90 Å². The molecule has 162 valence electrons. The van der Waals surface area contributed by atoms with Crippen molar-refractivity contribution in [3.63, 3.8) is 0 Å². The number of methoxy groups -OCH3 is 1. The number of ether oxygens (including phenoxy) is 2. The molecule has 1 spiro atoms. The highest BCUT2D eigenvalue weighted by Crippen LogP contribution is 2.39. The topological polar surface area (TPSA) is 81.9 Å². The monoisotopic (exact) mass is 420 g/mol. The van der Waals surface area contributed by atoms with E-state index in [1.807, 2.05) is 24.3 Å². The maximum Gasteiger partial charge on any atom is 0.241 e. The van der Waals surface area contributed by atoms with Gasteiger partial charge >= 0.3 is 0 Å². The third-order valence-corrected chi connectivity index (χ3v) is 6.17. The fraction of sp³-hybridized carbons (Fsp3) is 0.360. The molecule has 0 atom stereocenters. The summed E-state index contributed by atoms with van der Waals surface area (Å²) in [4.78, 5) is 26.3. The molecule has 0 radical (unpaired) electrons. The molecular weight excluding hydrogens is 392 g/mol. The highest BCUT2D eigenvalue weighted by Gasteiger charge is 2.42. The van der Waals surface area contributed by atoms with Crippen molar-refractivity contribution < 1.29 is 19.1 Å². The van der Waals surface area contributed by atoms with E-state index in [2.05, 4.69) is 17.0 Å². The predicted octanol–water partition coefficient (Wildman–Crippen LogP) is 3.24. The van der Waals surface area contributed by atoms with Crippen LogP contribution in [0.4, 0.5) is 0 Å². The lowest BCUT2D eigenvalue weighted by Crippen LogP contribution is -2.51. The number of fused-ring (bicyclic) bond motifs is 1. The zero-order valence-corrected chi connectivity index (χ0v) is 17.8. The lowest BCUT2D eigenvalue weighted by atomic mass is 9.82. The number of amides is 1. The molecule has 2 aromatic carbocycles. The summed E-state index contributed by atoms with van der Waals surface area (Å²) in [5, 5.41) is 0. The number of hydrogen-bond acceptors (Lipinski definition) is 5. The van der Waals surface area contributed by atoms with E-state index in [1.54, 1.807) is 19.3 Å². The van der Waals surface area contributed by atoms with Crippen LogP contribution in [0.15, 0.2) is 48.5 Å². The summed E-state index contributed by atoms with van der Waals surface area (Å²) in [6.45, 7) is 2.79. The minimum Gasteiger partial charge on any atom is -0.497 e. The molecule has 2 heterocycles. The quantitative estimate of drug-likeness (QED) is 0.726. The maximum absolute atomic E-state index is 12.9. The molecule has 2 aliphatic rings. The maximum atomic E-state index is 12.9. The lowest BCUT2D eigenvalue weighted by Gasteiger charge is -2.44. The van der Waals surface area contributed by atoms with Crippen LogP contribution in [0.2, 0.25) is 0 Å². The van der Waals surface area contributed by atoms with Gasteiger partial charge in [0.15, 0.2) is 5.78 Å². The number of carbonyl (C=O) groups is 2. The Labute approximate surface area is 182 Å². The van der Waals surface area contributed by atoms with Gasteiger partial charge in [0.1, 0.15) is 17.1 Å². The first kappa shape index (κ1) is 21.1. The molecule has 0 aromatic heterocycles. The molecule has 2 N–H and O–H groups in total. The van der Waals surface area contributed by atoms with Crippen molar-refractivity contribution in [3.05, 3.63) is 65.2 Å². The molecule has 6 nitrogen and oxygen atoms in total. The summed E-state index contributed by atoms with van der Waals surface area (Å²) in [6, 6.07) is 13.6. The summed E-state index contributed by atoms with van der Waals surface area (Å²) in [5.74, 6) is 1.10. The average molecular weight is 421 g/mol. The van der Waals surface area contributed by atoms with Crippen LogP contribution >= 0.6 is 0 Å². The van der Waals surface area contributed by atoms with E-state index in [1.165, 1.54) is 11.6 Å². The van der Waals surface area contributed by atoms with Gasteiger partial charge in [-0.05, 0) is 47.9 Å². The van der Waals surface area contributed by atoms with Gasteiger partial charge in [-0.15, -0.1) is 0 Å². The molecule has 2 aliphatic heterocycles. The Bertz CT molecular complexity index is 1010. The second kappa shape index (κ2) is 8.94. The molecule has 0 aliphatic carbocycles. The number of hydrogen-bond donors (Lipinski definition) is 1. The van der Waals surface area contributed by atoms with Crippen LogP contribution in [0.25, 0.3) is 6.08 Å². The summed E-state index contributed by atoms with van der Waals surface area (Å²) in [7, 11) is 1.69. The standard InChI is InChI=1S/C25H28N2O4/c1-30-20-4-2-3-18(15-20)9-12-27-13-10-25(11-14-27)17-22(28)21-16-19(6-8-24(26)29)5-7-23(21)31-25/h2-8,15-16H,9-14,17H2,1H3,(H2,26,29)/b8-6+. The Morgan fingerprint density at radius 2 is 2.03 bits per heavy atom. The van der Waals surface area contributed by atoms with Gasteiger partial charge in [-0.3, -0.25) is 9.59 Å². The number of nitrogens with zero attached hydrogens (tertiary/aromatic N) is 1. The third-order valence-electron chi connectivity index (χ3n) is 6.17. The molecule has 1 fully saturated rings. The average Bonchev–Trinajstić information content (AvgIpc) is 2.78. The van der Waals surface area contributed by atoms with E-state index in [4.69, 9.17) is 15.2 Å². The Morgan fingerprint density at radius 3 is 2.77 bits per heavy atom. The Hall–Kier alpha value is -3.12. The van der Waals surface area contributed by atoms with Crippen LogP contribution in [-0.2, 0) is 11.2 Å². The van der Waals surface area contributed by atoms with Crippen LogP contribution in [0.3, 0.4) is 0 Å². The van der Waals surface area contributed by atoms with Gasteiger partial charge in [0, 0.05) is 38.6 Å². The molecule has 1 saturated heterocycles. The summed E-state index contributed by atoms with van der Waals surface area (Å²) in [5.41, 5.74) is 7.34. The second-order valence-electron chi connectivity index (χ2n) is 8.32. The van der Waals surface area contributed by atoms with E-state index in [0.29, 0.717) is 17.7 Å². The Balaban J connectivity index is 1.37. The van der Waals surface area contributed by atoms with Crippen LogP contribution in [-0.4, -0.2) is 48.9 Å². The fourth-order valence-electron chi connectivity index (χ4n) is 4.37. The Kier molecular flexibility index (Phi) is 6.09. The van der Waals surface area contributed by atoms with Crippen LogP contribution in [0.5, 0.6) is 11.5 Å². The third kappa shape index (κ3) is 4.97. The molecule has 0 unspecified atom stereocenters. The van der Waals surface area contributed by atoms with E-state index < -0.39 is 11.5 Å². The Morgan fingerprint density at radius 1 is 1.23 bits per heavy atom. The van der Waals surface area contributed by atoms with E-state index in [9.17, 15) is 9.59 Å².